The highest BCUT2D eigenvalue weighted by atomic mass is 32.2. The van der Waals surface area contributed by atoms with Gasteiger partial charge in [0.2, 0.25) is 10.0 Å². The van der Waals surface area contributed by atoms with Crippen LogP contribution < -0.4 is 4.72 Å². The molecular weight excluding hydrogens is 354 g/mol. The standard InChI is InChI=1S/C18H24N3O4S/c1-3-20-16(22)14-10-13(26(24,25)19-18(2)8-9-18)6-7-15(14)21(17(20)23)11-12-4-5-12/h6-7,10,12-13,19H,3-5,8-9,11H2,1-2H3/q+1. The maximum atomic E-state index is 12.8. The van der Waals surface area contributed by atoms with Crippen LogP contribution in [0.3, 0.4) is 0 Å². The lowest BCUT2D eigenvalue weighted by Gasteiger charge is -2.26. The van der Waals surface area contributed by atoms with Crippen LogP contribution in [0.15, 0.2) is 23.8 Å². The number of fused-ring (bicyclic) bond motifs is 1. The summed E-state index contributed by atoms with van der Waals surface area (Å²) in [4.78, 5) is 26.6. The monoisotopic (exact) mass is 378 g/mol. The molecule has 3 aliphatic carbocycles. The lowest BCUT2D eigenvalue weighted by molar-refractivity contribution is -0.440. The summed E-state index contributed by atoms with van der Waals surface area (Å²) in [7, 11) is -3.62. The van der Waals surface area contributed by atoms with Crippen LogP contribution in [-0.2, 0) is 14.8 Å². The van der Waals surface area contributed by atoms with Gasteiger partial charge in [0.25, 0.3) is 0 Å². The first-order valence-corrected chi connectivity index (χ1v) is 10.7. The van der Waals surface area contributed by atoms with Gasteiger partial charge in [0.15, 0.2) is 0 Å². The quantitative estimate of drug-likeness (QED) is 0.703. The first-order valence-electron chi connectivity index (χ1n) is 9.17. The number of rotatable bonds is 6. The van der Waals surface area contributed by atoms with Crippen LogP contribution in [-0.4, -0.2) is 59.4 Å². The Morgan fingerprint density at radius 2 is 2.00 bits per heavy atom. The maximum Gasteiger partial charge on any atom is 0.501 e. The number of carbonyl (C=O) groups excluding carboxylic acids is 2. The van der Waals surface area contributed by atoms with E-state index in [2.05, 4.69) is 4.72 Å². The molecule has 0 bridgehead atoms. The van der Waals surface area contributed by atoms with Crippen molar-refractivity contribution in [1.29, 1.82) is 0 Å². The first-order chi connectivity index (χ1) is 12.2. The third-order valence-electron chi connectivity index (χ3n) is 5.48. The number of carbonyl (C=O) groups is 2. The van der Waals surface area contributed by atoms with Gasteiger partial charge in [0, 0.05) is 5.54 Å². The molecule has 1 aliphatic heterocycles. The Morgan fingerprint density at radius 3 is 2.58 bits per heavy atom. The summed E-state index contributed by atoms with van der Waals surface area (Å²) in [6.45, 7) is 4.47. The summed E-state index contributed by atoms with van der Waals surface area (Å²) in [5.41, 5.74) is 0.474. The summed E-state index contributed by atoms with van der Waals surface area (Å²) < 4.78 is 29.7. The molecule has 26 heavy (non-hydrogen) atoms. The van der Waals surface area contributed by atoms with Crippen LogP contribution in [0.5, 0.6) is 0 Å². The molecule has 0 aromatic heterocycles. The minimum atomic E-state index is -3.62. The molecule has 1 N–H and O–H groups in total. The third kappa shape index (κ3) is 3.05. The smallest absolute Gasteiger partial charge is 0.240 e. The molecule has 2 saturated carbocycles. The van der Waals surface area contributed by atoms with E-state index < -0.39 is 21.2 Å². The summed E-state index contributed by atoms with van der Waals surface area (Å²) >= 11 is 0. The van der Waals surface area contributed by atoms with Gasteiger partial charge in [-0.15, -0.1) is 0 Å². The minimum absolute atomic E-state index is 0.265. The average molecular weight is 378 g/mol. The number of likely N-dealkylation sites (N-methyl/N-ethyl adjacent to an activating group) is 1. The van der Waals surface area contributed by atoms with E-state index in [0.29, 0.717) is 23.7 Å². The Hall–Kier alpha value is -1.80. The van der Waals surface area contributed by atoms with Gasteiger partial charge < -0.3 is 0 Å². The van der Waals surface area contributed by atoms with Gasteiger partial charge in [-0.05, 0) is 57.6 Å². The fourth-order valence-electron chi connectivity index (χ4n) is 3.39. The van der Waals surface area contributed by atoms with Crippen molar-refractivity contribution in [2.75, 3.05) is 13.1 Å². The second-order valence-corrected chi connectivity index (χ2v) is 9.72. The Kier molecular flexibility index (Phi) is 3.96. The molecule has 3 amide bonds. The van der Waals surface area contributed by atoms with Gasteiger partial charge in [0.1, 0.15) is 16.5 Å². The number of hydrogen-bond donors (Lipinski definition) is 1. The first kappa shape index (κ1) is 17.6. The maximum absolute atomic E-state index is 12.8. The van der Waals surface area contributed by atoms with Crippen molar-refractivity contribution in [3.63, 3.8) is 0 Å². The molecule has 0 saturated heterocycles. The Labute approximate surface area is 153 Å². The van der Waals surface area contributed by atoms with Crippen molar-refractivity contribution in [2.45, 2.75) is 50.3 Å². The third-order valence-corrected chi connectivity index (χ3v) is 7.27. The average Bonchev–Trinajstić information content (AvgIpc) is 3.50. The lowest BCUT2D eigenvalue weighted by Crippen LogP contribution is -2.52. The molecular formula is C18H24N3O4S+. The number of hydrogen-bond acceptors (Lipinski definition) is 4. The number of nitrogens with zero attached hydrogens (tertiary/aromatic N) is 2. The van der Waals surface area contributed by atoms with Crippen molar-refractivity contribution in [2.24, 2.45) is 5.92 Å². The van der Waals surface area contributed by atoms with E-state index in [9.17, 15) is 18.0 Å². The highest BCUT2D eigenvalue weighted by molar-refractivity contribution is 7.90. The van der Waals surface area contributed by atoms with Crippen LogP contribution in [0, 0.1) is 5.92 Å². The number of urea groups is 1. The van der Waals surface area contributed by atoms with Crippen molar-refractivity contribution >= 4 is 27.7 Å². The van der Waals surface area contributed by atoms with Gasteiger partial charge in [-0.2, -0.15) is 14.3 Å². The second-order valence-electron chi connectivity index (χ2n) is 7.88. The van der Waals surface area contributed by atoms with E-state index in [4.69, 9.17) is 0 Å². The zero-order valence-corrected chi connectivity index (χ0v) is 15.9. The van der Waals surface area contributed by atoms with Crippen molar-refractivity contribution in [3.05, 3.63) is 23.8 Å². The molecule has 0 radical (unpaired) electrons. The molecule has 1 unspecified atom stereocenters. The van der Waals surface area contributed by atoms with Crippen LogP contribution in [0.4, 0.5) is 4.79 Å². The lowest BCUT2D eigenvalue weighted by atomic mass is 9.99. The van der Waals surface area contributed by atoms with Crippen molar-refractivity contribution in [1.82, 2.24) is 9.62 Å². The fourth-order valence-corrected chi connectivity index (χ4v) is 5.01. The Bertz CT molecular complexity index is 876. The van der Waals surface area contributed by atoms with E-state index in [0.717, 1.165) is 25.7 Å². The highest BCUT2D eigenvalue weighted by Crippen LogP contribution is 2.36. The zero-order chi connectivity index (χ0) is 18.7. The predicted molar refractivity (Wildman–Crippen MR) is 96.3 cm³/mol. The van der Waals surface area contributed by atoms with E-state index in [1.165, 1.54) is 11.0 Å². The zero-order valence-electron chi connectivity index (χ0n) is 15.1. The summed E-state index contributed by atoms with van der Waals surface area (Å²) in [5, 5.41) is -0.905. The number of nitrogens with one attached hydrogen (secondary N) is 1. The molecule has 7 nitrogen and oxygen atoms in total. The van der Waals surface area contributed by atoms with E-state index in [-0.39, 0.29) is 18.1 Å². The molecule has 4 aliphatic rings. The van der Waals surface area contributed by atoms with Gasteiger partial charge in [-0.3, -0.25) is 0 Å². The largest absolute Gasteiger partial charge is 0.501 e. The highest BCUT2D eigenvalue weighted by Gasteiger charge is 2.47. The normalized spacial score (nSPS) is 27.5. The molecule has 140 valence electrons. The Balaban J connectivity index is 1.71. The predicted octanol–water partition coefficient (Wildman–Crippen LogP) is 1.17. The molecule has 4 rings (SSSR count). The molecule has 8 heteroatoms. The van der Waals surface area contributed by atoms with E-state index >= 15 is 0 Å². The van der Waals surface area contributed by atoms with Gasteiger partial charge >= 0.3 is 11.9 Å². The molecule has 0 aromatic rings. The van der Waals surface area contributed by atoms with E-state index in [1.54, 1.807) is 23.7 Å². The summed E-state index contributed by atoms with van der Waals surface area (Å²) in [6, 6.07) is -0.314. The number of sulfonamides is 1. The van der Waals surface area contributed by atoms with Crippen LogP contribution >= 0.6 is 0 Å². The number of amides is 3. The topological polar surface area (TPSA) is 86.6 Å². The SMILES string of the molecule is CCN1C(=O)C2=CC(S(=O)(=O)NC3(C)CC3)C=CC2=[N+](CC2CC2)C1=O. The summed E-state index contributed by atoms with van der Waals surface area (Å²) in [5.74, 6) is 0.0488. The van der Waals surface area contributed by atoms with Gasteiger partial charge in [-0.25, -0.2) is 17.9 Å². The van der Waals surface area contributed by atoms with Crippen molar-refractivity contribution in [3.8, 4) is 0 Å². The van der Waals surface area contributed by atoms with E-state index in [1.807, 2.05) is 6.92 Å². The number of allylic oxidation sites excluding steroid dienone is 1. The fraction of sp³-hybridized carbons (Fsp3) is 0.611. The molecule has 1 atom stereocenters. The Morgan fingerprint density at radius 1 is 1.31 bits per heavy atom. The molecule has 0 spiro atoms. The number of imide groups is 1. The van der Waals surface area contributed by atoms with Gasteiger partial charge in [-0.1, -0.05) is 6.08 Å². The van der Waals surface area contributed by atoms with Crippen molar-refractivity contribution < 1.29 is 22.6 Å². The van der Waals surface area contributed by atoms with Crippen LogP contribution in [0.1, 0.15) is 39.5 Å². The van der Waals surface area contributed by atoms with Crippen LogP contribution in [0.2, 0.25) is 0 Å². The summed E-state index contributed by atoms with van der Waals surface area (Å²) in [6.07, 6.45) is 8.49. The molecule has 2 fully saturated rings. The van der Waals surface area contributed by atoms with Gasteiger partial charge in [0.05, 0.1) is 13.1 Å². The molecule has 1 heterocycles. The van der Waals surface area contributed by atoms with Crippen LogP contribution in [0.25, 0.3) is 0 Å². The second kappa shape index (κ2) is 5.85. The molecule has 0 aromatic carbocycles. The minimum Gasteiger partial charge on any atom is -0.240 e.